The lowest BCUT2D eigenvalue weighted by Crippen LogP contribution is -2.30. The van der Waals surface area contributed by atoms with Gasteiger partial charge in [-0.2, -0.15) is 0 Å². The lowest BCUT2D eigenvalue weighted by molar-refractivity contribution is 0.167. The third kappa shape index (κ3) is 1.85. The van der Waals surface area contributed by atoms with E-state index < -0.39 is 5.54 Å². The van der Waals surface area contributed by atoms with Crippen molar-refractivity contribution >= 4 is 0 Å². The summed E-state index contributed by atoms with van der Waals surface area (Å²) in [6, 6.07) is 3.16. The highest BCUT2D eigenvalue weighted by Crippen LogP contribution is 2.41. The quantitative estimate of drug-likeness (QED) is 0.733. The number of phenols is 1. The van der Waals surface area contributed by atoms with Crippen molar-refractivity contribution in [1.82, 2.24) is 0 Å². The van der Waals surface area contributed by atoms with E-state index in [9.17, 15) is 5.11 Å². The summed E-state index contributed by atoms with van der Waals surface area (Å²) in [5.74, 6) is 1.36. The maximum absolute atomic E-state index is 9.54. The minimum atomic E-state index is -0.566. The molecule has 0 bridgehead atoms. The van der Waals surface area contributed by atoms with Crippen molar-refractivity contribution in [3.05, 3.63) is 17.7 Å². The maximum Gasteiger partial charge on any atom is 0.166 e. The predicted molar refractivity (Wildman–Crippen MR) is 56.3 cm³/mol. The normalized spacial score (nSPS) is 15.1. The number of phenolic OH excluding ortho intramolecular Hbond substituents is 1. The molecule has 4 nitrogen and oxygen atoms in total. The third-order valence-corrected chi connectivity index (χ3v) is 2.32. The van der Waals surface area contributed by atoms with Crippen LogP contribution in [0.25, 0.3) is 0 Å². The van der Waals surface area contributed by atoms with E-state index >= 15 is 0 Å². The van der Waals surface area contributed by atoms with Gasteiger partial charge in [-0.15, -0.1) is 0 Å². The lowest BCUT2D eigenvalue weighted by Gasteiger charge is -2.27. The number of nitrogens with two attached hydrogens (primary N) is 1. The molecule has 0 aliphatic carbocycles. The molecule has 0 amide bonds. The van der Waals surface area contributed by atoms with Crippen molar-refractivity contribution in [3.8, 4) is 17.2 Å². The predicted octanol–water partition coefficient (Wildman–Crippen LogP) is 1.36. The van der Waals surface area contributed by atoms with Gasteiger partial charge in [-0.3, -0.25) is 0 Å². The monoisotopic (exact) mass is 209 g/mol. The van der Waals surface area contributed by atoms with Crippen LogP contribution in [0.15, 0.2) is 12.1 Å². The largest absolute Gasteiger partial charge is 0.508 e. The van der Waals surface area contributed by atoms with E-state index in [1.54, 1.807) is 12.1 Å². The van der Waals surface area contributed by atoms with Crippen LogP contribution >= 0.6 is 0 Å². The number of fused-ring (bicyclic) bond motifs is 1. The molecule has 15 heavy (non-hydrogen) atoms. The summed E-state index contributed by atoms with van der Waals surface area (Å²) in [6.45, 7) is 4.74. The highest BCUT2D eigenvalue weighted by Gasteiger charge is 2.25. The van der Waals surface area contributed by atoms with Gasteiger partial charge in [0.05, 0.1) is 0 Å². The molecule has 3 N–H and O–H groups in total. The molecule has 1 aromatic carbocycles. The summed E-state index contributed by atoms with van der Waals surface area (Å²) in [5, 5.41) is 9.54. The topological polar surface area (TPSA) is 64.7 Å². The Morgan fingerprint density at radius 3 is 2.60 bits per heavy atom. The van der Waals surface area contributed by atoms with Gasteiger partial charge in [0, 0.05) is 17.2 Å². The molecule has 0 aromatic heterocycles. The molecule has 1 aliphatic rings. The number of rotatable bonds is 1. The molecular formula is C11H15NO3. The van der Waals surface area contributed by atoms with Crippen LogP contribution in [0.4, 0.5) is 0 Å². The van der Waals surface area contributed by atoms with Crippen molar-refractivity contribution in [3.63, 3.8) is 0 Å². The first-order chi connectivity index (χ1) is 6.98. The zero-order valence-corrected chi connectivity index (χ0v) is 8.91. The van der Waals surface area contributed by atoms with Crippen LogP contribution in [0.2, 0.25) is 0 Å². The summed E-state index contributed by atoms with van der Waals surface area (Å²) >= 11 is 0. The SMILES string of the molecule is CC(C)(N)c1cc(O)cc2c1OCCO2. The molecule has 2 rings (SSSR count). The van der Waals surface area contributed by atoms with Crippen LogP contribution in [0.1, 0.15) is 19.4 Å². The molecular weight excluding hydrogens is 194 g/mol. The van der Waals surface area contributed by atoms with E-state index in [0.717, 1.165) is 5.56 Å². The summed E-state index contributed by atoms with van der Waals surface area (Å²) < 4.78 is 10.9. The molecule has 0 fully saturated rings. The highest BCUT2D eigenvalue weighted by atomic mass is 16.6. The Bertz CT molecular complexity index is 382. The molecule has 0 radical (unpaired) electrons. The van der Waals surface area contributed by atoms with Crippen molar-refractivity contribution in [1.29, 1.82) is 0 Å². The van der Waals surface area contributed by atoms with Crippen LogP contribution < -0.4 is 15.2 Å². The Kier molecular flexibility index (Phi) is 2.23. The fourth-order valence-electron chi connectivity index (χ4n) is 1.62. The first-order valence-corrected chi connectivity index (χ1v) is 4.90. The molecule has 82 valence electrons. The van der Waals surface area contributed by atoms with Gasteiger partial charge in [0.25, 0.3) is 0 Å². The highest BCUT2D eigenvalue weighted by molar-refractivity contribution is 5.54. The number of benzene rings is 1. The molecule has 0 spiro atoms. The zero-order valence-electron chi connectivity index (χ0n) is 8.91. The molecule has 0 saturated heterocycles. The fraction of sp³-hybridized carbons (Fsp3) is 0.455. The van der Waals surface area contributed by atoms with Crippen LogP contribution in [0.5, 0.6) is 17.2 Å². The fourth-order valence-corrected chi connectivity index (χ4v) is 1.62. The Labute approximate surface area is 88.6 Å². The molecule has 1 aliphatic heterocycles. The van der Waals surface area contributed by atoms with E-state index in [2.05, 4.69) is 0 Å². The second kappa shape index (κ2) is 3.31. The van der Waals surface area contributed by atoms with Gasteiger partial charge in [-0.1, -0.05) is 0 Å². The van der Waals surface area contributed by atoms with Gasteiger partial charge in [-0.25, -0.2) is 0 Å². The maximum atomic E-state index is 9.54. The van der Waals surface area contributed by atoms with Gasteiger partial charge >= 0.3 is 0 Å². The summed E-state index contributed by atoms with van der Waals surface area (Å²) in [5.41, 5.74) is 6.20. The summed E-state index contributed by atoms with van der Waals surface area (Å²) in [7, 11) is 0. The van der Waals surface area contributed by atoms with Gasteiger partial charge in [0.15, 0.2) is 11.5 Å². The van der Waals surface area contributed by atoms with Crippen molar-refractivity contribution in [2.24, 2.45) is 5.73 Å². The number of aromatic hydroxyl groups is 1. The first kappa shape index (κ1) is 10.1. The van der Waals surface area contributed by atoms with E-state index in [1.807, 2.05) is 13.8 Å². The third-order valence-electron chi connectivity index (χ3n) is 2.32. The lowest BCUT2D eigenvalue weighted by atomic mass is 9.94. The second-order valence-corrected chi connectivity index (χ2v) is 4.24. The Morgan fingerprint density at radius 1 is 1.27 bits per heavy atom. The van der Waals surface area contributed by atoms with Crippen LogP contribution in [0.3, 0.4) is 0 Å². The van der Waals surface area contributed by atoms with Crippen LogP contribution in [-0.4, -0.2) is 18.3 Å². The average molecular weight is 209 g/mol. The summed E-state index contributed by atoms with van der Waals surface area (Å²) in [6.07, 6.45) is 0. The number of hydrogen-bond acceptors (Lipinski definition) is 4. The van der Waals surface area contributed by atoms with Gasteiger partial charge in [0.1, 0.15) is 19.0 Å². The molecule has 1 aromatic rings. The molecule has 0 atom stereocenters. The Morgan fingerprint density at radius 2 is 1.93 bits per heavy atom. The zero-order chi connectivity index (χ0) is 11.1. The number of ether oxygens (including phenoxy) is 2. The van der Waals surface area contributed by atoms with Crippen molar-refractivity contribution in [2.45, 2.75) is 19.4 Å². The summed E-state index contributed by atoms with van der Waals surface area (Å²) in [4.78, 5) is 0. The molecule has 0 unspecified atom stereocenters. The van der Waals surface area contributed by atoms with E-state index in [1.165, 1.54) is 0 Å². The van der Waals surface area contributed by atoms with E-state index in [4.69, 9.17) is 15.2 Å². The van der Waals surface area contributed by atoms with Crippen LogP contribution in [0, 0.1) is 0 Å². The molecule has 4 heteroatoms. The molecule has 1 heterocycles. The number of hydrogen-bond donors (Lipinski definition) is 2. The average Bonchev–Trinajstić information content (AvgIpc) is 2.15. The Hall–Kier alpha value is -1.42. The first-order valence-electron chi connectivity index (χ1n) is 4.90. The van der Waals surface area contributed by atoms with Gasteiger partial charge < -0.3 is 20.3 Å². The smallest absolute Gasteiger partial charge is 0.166 e. The van der Waals surface area contributed by atoms with E-state index in [-0.39, 0.29) is 5.75 Å². The Balaban J connectivity index is 2.58. The minimum Gasteiger partial charge on any atom is -0.508 e. The standard InChI is InChI=1S/C11H15NO3/c1-11(2,12)8-5-7(13)6-9-10(8)15-4-3-14-9/h5-6,13H,3-4,12H2,1-2H3. The van der Waals surface area contributed by atoms with Crippen molar-refractivity contribution < 1.29 is 14.6 Å². The minimum absolute atomic E-state index is 0.146. The van der Waals surface area contributed by atoms with Crippen LogP contribution in [-0.2, 0) is 5.54 Å². The van der Waals surface area contributed by atoms with Gasteiger partial charge in [0.2, 0.25) is 0 Å². The van der Waals surface area contributed by atoms with E-state index in [0.29, 0.717) is 24.7 Å². The van der Waals surface area contributed by atoms with Gasteiger partial charge in [-0.05, 0) is 19.9 Å². The van der Waals surface area contributed by atoms with Crippen molar-refractivity contribution in [2.75, 3.05) is 13.2 Å². The second-order valence-electron chi connectivity index (χ2n) is 4.24. The molecule has 0 saturated carbocycles.